The van der Waals surface area contributed by atoms with Gasteiger partial charge in [-0.05, 0) is 6.07 Å². The summed E-state index contributed by atoms with van der Waals surface area (Å²) >= 11 is 0. The number of pyridine rings is 1. The molecule has 0 saturated heterocycles. The van der Waals surface area contributed by atoms with Crippen LogP contribution in [0.1, 0.15) is 5.56 Å². The molecule has 0 spiro atoms. The van der Waals surface area contributed by atoms with E-state index in [4.69, 9.17) is 5.26 Å². The third kappa shape index (κ3) is 1.07. The Labute approximate surface area is 79.2 Å². The first-order chi connectivity index (χ1) is 6.74. The Hall–Kier alpha value is -2.15. The van der Waals surface area contributed by atoms with E-state index in [0.29, 0.717) is 4.73 Å². The van der Waals surface area contributed by atoms with Crippen molar-refractivity contribution in [3.05, 3.63) is 47.1 Å². The zero-order valence-corrected chi connectivity index (χ0v) is 7.07. The highest BCUT2D eigenvalue weighted by molar-refractivity contribution is 5.82. The van der Waals surface area contributed by atoms with E-state index in [1.807, 2.05) is 6.07 Å². The van der Waals surface area contributed by atoms with Crippen LogP contribution in [0.3, 0.4) is 0 Å². The van der Waals surface area contributed by atoms with Crippen LogP contribution in [-0.4, -0.2) is 0 Å². The minimum absolute atomic E-state index is 0.0764. The third-order valence-electron chi connectivity index (χ3n) is 2.00. The predicted molar refractivity (Wildman–Crippen MR) is 47.6 cm³/mol. The first kappa shape index (κ1) is 8.45. The maximum atomic E-state index is 13.3. The summed E-state index contributed by atoms with van der Waals surface area (Å²) in [5, 5.41) is 20.0. The van der Waals surface area contributed by atoms with Crippen molar-refractivity contribution >= 4 is 10.9 Å². The second-order valence-corrected chi connectivity index (χ2v) is 2.80. The SMILES string of the molecule is N#Cc1cc[n+]([O-])c2cccc(F)c12. The molecule has 1 aromatic carbocycles. The molecule has 3 nitrogen and oxygen atoms in total. The fraction of sp³-hybridized carbons (Fsp3) is 0. The molecule has 2 aromatic rings. The number of rotatable bonds is 0. The highest BCUT2D eigenvalue weighted by Crippen LogP contribution is 2.17. The Morgan fingerprint density at radius 1 is 1.36 bits per heavy atom. The summed E-state index contributed by atoms with van der Waals surface area (Å²) in [4.78, 5) is 0. The molecule has 0 aliphatic heterocycles. The number of hydrogen-bond acceptors (Lipinski definition) is 2. The lowest BCUT2D eigenvalue weighted by molar-refractivity contribution is -0.577. The number of fused-ring (bicyclic) bond motifs is 1. The van der Waals surface area contributed by atoms with Gasteiger partial charge in [0, 0.05) is 12.1 Å². The Balaban J connectivity index is 3.01. The van der Waals surface area contributed by atoms with Crippen molar-refractivity contribution in [1.29, 1.82) is 5.26 Å². The monoisotopic (exact) mass is 188 g/mol. The lowest BCUT2D eigenvalue weighted by atomic mass is 10.1. The lowest BCUT2D eigenvalue weighted by Gasteiger charge is -2.02. The van der Waals surface area contributed by atoms with Crippen LogP contribution >= 0.6 is 0 Å². The fourth-order valence-electron chi connectivity index (χ4n) is 1.36. The van der Waals surface area contributed by atoms with Crippen LogP contribution in [0, 0.1) is 22.4 Å². The summed E-state index contributed by atoms with van der Waals surface area (Å²) in [7, 11) is 0. The van der Waals surface area contributed by atoms with E-state index in [1.54, 1.807) is 0 Å². The highest BCUT2D eigenvalue weighted by atomic mass is 19.1. The molecular weight excluding hydrogens is 183 g/mol. The zero-order valence-electron chi connectivity index (χ0n) is 7.07. The second-order valence-electron chi connectivity index (χ2n) is 2.80. The maximum Gasteiger partial charge on any atom is 0.228 e. The smallest absolute Gasteiger partial charge is 0.228 e. The quantitative estimate of drug-likeness (QED) is 0.464. The van der Waals surface area contributed by atoms with E-state index in [-0.39, 0.29) is 16.5 Å². The van der Waals surface area contributed by atoms with Crippen LogP contribution in [0.2, 0.25) is 0 Å². The molecule has 4 heteroatoms. The van der Waals surface area contributed by atoms with Crippen molar-refractivity contribution in [2.45, 2.75) is 0 Å². The van der Waals surface area contributed by atoms with Gasteiger partial charge in [0.05, 0.1) is 5.56 Å². The largest absolute Gasteiger partial charge is 0.618 e. The van der Waals surface area contributed by atoms with Gasteiger partial charge in [0.15, 0.2) is 6.20 Å². The van der Waals surface area contributed by atoms with Crippen molar-refractivity contribution < 1.29 is 9.12 Å². The average Bonchev–Trinajstić information content (AvgIpc) is 2.20. The summed E-state index contributed by atoms with van der Waals surface area (Å²) in [6, 6.07) is 7.29. The summed E-state index contributed by atoms with van der Waals surface area (Å²) in [6.45, 7) is 0. The van der Waals surface area contributed by atoms with Gasteiger partial charge in [-0.3, -0.25) is 0 Å². The molecule has 0 radical (unpaired) electrons. The van der Waals surface area contributed by atoms with Crippen LogP contribution in [0.25, 0.3) is 10.9 Å². The molecule has 0 fully saturated rings. The standard InChI is InChI=1S/C10H5FN2O/c11-8-2-1-3-9-10(8)7(6-12)4-5-13(9)14/h1-5H. The molecule has 2 rings (SSSR count). The zero-order chi connectivity index (χ0) is 10.1. The minimum Gasteiger partial charge on any atom is -0.618 e. The first-order valence-electron chi connectivity index (χ1n) is 3.94. The lowest BCUT2D eigenvalue weighted by Crippen LogP contribution is -2.26. The molecule has 0 amide bonds. The normalized spacial score (nSPS) is 10.0. The van der Waals surface area contributed by atoms with Crippen molar-refractivity contribution in [3.63, 3.8) is 0 Å². The fourth-order valence-corrected chi connectivity index (χ4v) is 1.36. The van der Waals surface area contributed by atoms with Crippen LogP contribution in [0.15, 0.2) is 30.5 Å². The average molecular weight is 188 g/mol. The molecule has 0 saturated carbocycles. The molecule has 0 bridgehead atoms. The molecule has 0 aliphatic rings. The predicted octanol–water partition coefficient (Wildman–Crippen LogP) is 1.48. The van der Waals surface area contributed by atoms with Crippen LogP contribution < -0.4 is 4.73 Å². The van der Waals surface area contributed by atoms with Gasteiger partial charge in [0.1, 0.15) is 17.3 Å². The second kappa shape index (κ2) is 2.96. The van der Waals surface area contributed by atoms with Gasteiger partial charge in [0.2, 0.25) is 5.52 Å². The van der Waals surface area contributed by atoms with Gasteiger partial charge < -0.3 is 5.21 Å². The highest BCUT2D eigenvalue weighted by Gasteiger charge is 2.12. The summed E-state index contributed by atoms with van der Waals surface area (Å²) in [6.07, 6.45) is 1.19. The van der Waals surface area contributed by atoms with E-state index >= 15 is 0 Å². The van der Waals surface area contributed by atoms with Crippen LogP contribution in [0.4, 0.5) is 4.39 Å². The molecule has 0 unspecified atom stereocenters. The summed E-state index contributed by atoms with van der Waals surface area (Å²) in [5.41, 5.74) is 0.342. The molecule has 0 aliphatic carbocycles. The molecule has 0 atom stereocenters. The van der Waals surface area contributed by atoms with Gasteiger partial charge >= 0.3 is 0 Å². The van der Waals surface area contributed by atoms with Gasteiger partial charge in [-0.1, -0.05) is 6.07 Å². The summed E-state index contributed by atoms with van der Waals surface area (Å²) in [5.74, 6) is -0.552. The van der Waals surface area contributed by atoms with Crippen LogP contribution in [-0.2, 0) is 0 Å². The van der Waals surface area contributed by atoms with Gasteiger partial charge in [-0.25, -0.2) is 4.39 Å². The topological polar surface area (TPSA) is 50.7 Å². The minimum atomic E-state index is -0.552. The Bertz CT molecular complexity index is 546. The van der Waals surface area contributed by atoms with Gasteiger partial charge in [-0.2, -0.15) is 9.99 Å². The maximum absolute atomic E-state index is 13.3. The number of nitriles is 1. The van der Waals surface area contributed by atoms with Crippen molar-refractivity contribution in [2.75, 3.05) is 0 Å². The number of benzene rings is 1. The van der Waals surface area contributed by atoms with E-state index < -0.39 is 5.82 Å². The molecule has 14 heavy (non-hydrogen) atoms. The van der Waals surface area contributed by atoms with Crippen molar-refractivity contribution in [2.24, 2.45) is 0 Å². The Morgan fingerprint density at radius 2 is 2.14 bits per heavy atom. The van der Waals surface area contributed by atoms with E-state index in [2.05, 4.69) is 0 Å². The Morgan fingerprint density at radius 3 is 2.86 bits per heavy atom. The number of halogens is 1. The third-order valence-corrected chi connectivity index (χ3v) is 2.00. The van der Waals surface area contributed by atoms with Crippen molar-refractivity contribution in [1.82, 2.24) is 0 Å². The number of nitrogens with zero attached hydrogens (tertiary/aromatic N) is 2. The molecular formula is C10H5FN2O. The Kier molecular flexibility index (Phi) is 1.79. The van der Waals surface area contributed by atoms with E-state index in [0.717, 1.165) is 0 Å². The molecule has 1 heterocycles. The number of aromatic nitrogens is 1. The molecule has 68 valence electrons. The van der Waals surface area contributed by atoms with Crippen LogP contribution in [0.5, 0.6) is 0 Å². The van der Waals surface area contributed by atoms with Crippen molar-refractivity contribution in [3.8, 4) is 6.07 Å². The molecule has 0 N–H and O–H groups in total. The first-order valence-corrected chi connectivity index (χ1v) is 3.94. The summed E-state index contributed by atoms with van der Waals surface area (Å²) < 4.78 is 13.9. The van der Waals surface area contributed by atoms with Gasteiger partial charge in [0.25, 0.3) is 0 Å². The molecule has 1 aromatic heterocycles. The van der Waals surface area contributed by atoms with Gasteiger partial charge in [-0.15, -0.1) is 0 Å². The van der Waals surface area contributed by atoms with E-state index in [1.165, 1.54) is 30.5 Å². The number of hydrogen-bond donors (Lipinski definition) is 0. The van der Waals surface area contributed by atoms with E-state index in [9.17, 15) is 9.60 Å².